The molecule has 0 aliphatic heterocycles. The van der Waals surface area contributed by atoms with Crippen LogP contribution in [0, 0.1) is 0 Å². The number of rotatable bonds is 0. The first-order valence-electron chi connectivity index (χ1n) is 4.33. The normalized spacial score (nSPS) is 25.3. The molecule has 0 fully saturated rings. The van der Waals surface area contributed by atoms with Crippen LogP contribution in [0.15, 0.2) is 46.6 Å². The van der Waals surface area contributed by atoms with E-state index in [1.54, 1.807) is 0 Å². The minimum Gasteiger partial charge on any atom is -0.0620 e. The molecule has 0 saturated carbocycles. The Morgan fingerprint density at radius 1 is 0.667 bits per heavy atom. The van der Waals surface area contributed by atoms with Gasteiger partial charge in [0.15, 0.2) is 0 Å². The molecule has 0 heterocycles. The van der Waals surface area contributed by atoms with Crippen molar-refractivity contribution < 1.29 is 0 Å². The molecule has 0 radical (unpaired) electrons. The molecule has 0 bridgehead atoms. The van der Waals surface area contributed by atoms with Crippen LogP contribution in [0.25, 0.3) is 0 Å². The fraction of sp³-hybridized carbons (Fsp3) is 0.333. The van der Waals surface area contributed by atoms with E-state index < -0.39 is 0 Å². The Labute approximate surface area is 75.0 Å². The van der Waals surface area contributed by atoms with Crippen LogP contribution in [0.3, 0.4) is 0 Å². The molecule has 0 amide bonds. The van der Waals surface area contributed by atoms with Crippen LogP contribution in [0.2, 0.25) is 0 Å². The molecule has 64 valence electrons. The summed E-state index contributed by atoms with van der Waals surface area (Å²) >= 11 is 0. The van der Waals surface area contributed by atoms with E-state index in [9.17, 15) is 0 Å². The summed E-state index contributed by atoms with van der Waals surface area (Å²) in [5, 5.41) is 0. The average Bonchev–Trinajstić information content (AvgIpc) is 2.07. The molecule has 0 spiro atoms. The van der Waals surface area contributed by atoms with Gasteiger partial charge in [-0.1, -0.05) is 24.3 Å². The minimum absolute atomic E-state index is 1.36. The smallest absolute Gasteiger partial charge is 0.0392 e. The quantitative estimate of drug-likeness (QED) is 0.506. The highest BCUT2D eigenvalue weighted by molar-refractivity contribution is 5.45. The van der Waals surface area contributed by atoms with Crippen LogP contribution in [0.1, 0.15) is 27.7 Å². The van der Waals surface area contributed by atoms with Crippen molar-refractivity contribution in [3.05, 3.63) is 46.6 Å². The van der Waals surface area contributed by atoms with Crippen molar-refractivity contribution in [2.45, 2.75) is 27.7 Å². The molecule has 0 unspecified atom stereocenters. The second-order valence-corrected chi connectivity index (χ2v) is 3.33. The van der Waals surface area contributed by atoms with E-state index in [1.165, 1.54) is 22.3 Å². The number of allylic oxidation sites excluding steroid dienone is 8. The van der Waals surface area contributed by atoms with E-state index in [1.807, 2.05) is 0 Å². The van der Waals surface area contributed by atoms with Gasteiger partial charge in [0.05, 0.1) is 0 Å². The molecular weight excluding hydrogens is 144 g/mol. The first-order chi connectivity index (χ1) is 5.63. The van der Waals surface area contributed by atoms with Gasteiger partial charge in [-0.3, -0.25) is 0 Å². The molecule has 0 aromatic heterocycles. The fourth-order valence-corrected chi connectivity index (χ4v) is 1.24. The minimum atomic E-state index is 1.36. The summed E-state index contributed by atoms with van der Waals surface area (Å²) in [6, 6.07) is 0. The Morgan fingerprint density at radius 2 is 1.00 bits per heavy atom. The molecule has 0 nitrogen and oxygen atoms in total. The lowest BCUT2D eigenvalue weighted by molar-refractivity contribution is 1.21. The zero-order valence-electron chi connectivity index (χ0n) is 8.31. The van der Waals surface area contributed by atoms with Gasteiger partial charge in [0.1, 0.15) is 0 Å². The first-order valence-corrected chi connectivity index (χ1v) is 4.33. The van der Waals surface area contributed by atoms with Gasteiger partial charge in [-0.2, -0.15) is 0 Å². The van der Waals surface area contributed by atoms with Crippen molar-refractivity contribution in [2.75, 3.05) is 0 Å². The van der Waals surface area contributed by atoms with Crippen LogP contribution >= 0.6 is 0 Å². The molecule has 1 aliphatic rings. The summed E-state index contributed by atoms with van der Waals surface area (Å²) in [6.07, 6.45) is 8.49. The standard InChI is InChI=1S/C12H16/c1-9-7-5-6-8-10(2)12(4)11(9)3/h5-8H,1-4H3/b6-5-,7-5?,8-6?,9-7-,10-8?,11-9?,12-10?,12-11?. The van der Waals surface area contributed by atoms with Crippen molar-refractivity contribution in [3.8, 4) is 0 Å². The van der Waals surface area contributed by atoms with Gasteiger partial charge in [0.2, 0.25) is 0 Å². The second kappa shape index (κ2) is 3.57. The topological polar surface area (TPSA) is 0 Å². The second-order valence-electron chi connectivity index (χ2n) is 3.33. The molecule has 0 atom stereocenters. The monoisotopic (exact) mass is 160 g/mol. The summed E-state index contributed by atoms with van der Waals surface area (Å²) in [7, 11) is 0. The highest BCUT2D eigenvalue weighted by atomic mass is 14.1. The summed E-state index contributed by atoms with van der Waals surface area (Å²) in [5.74, 6) is 0. The molecule has 12 heavy (non-hydrogen) atoms. The number of hydrogen-bond donors (Lipinski definition) is 0. The Bertz CT molecular complexity index is 266. The average molecular weight is 160 g/mol. The van der Waals surface area contributed by atoms with Gasteiger partial charge >= 0.3 is 0 Å². The van der Waals surface area contributed by atoms with E-state index in [2.05, 4.69) is 52.0 Å². The lowest BCUT2D eigenvalue weighted by Crippen LogP contribution is -1.89. The van der Waals surface area contributed by atoms with Gasteiger partial charge in [-0.05, 0) is 50.0 Å². The Balaban J connectivity index is 3.18. The van der Waals surface area contributed by atoms with Gasteiger partial charge in [0.25, 0.3) is 0 Å². The van der Waals surface area contributed by atoms with Crippen molar-refractivity contribution in [2.24, 2.45) is 0 Å². The first kappa shape index (κ1) is 9.05. The third-order valence-electron chi connectivity index (χ3n) is 2.55. The zero-order valence-corrected chi connectivity index (χ0v) is 8.31. The Morgan fingerprint density at radius 3 is 1.33 bits per heavy atom. The van der Waals surface area contributed by atoms with Gasteiger partial charge in [-0.15, -0.1) is 0 Å². The lowest BCUT2D eigenvalue weighted by Gasteiger charge is -2.09. The number of hydrogen-bond acceptors (Lipinski definition) is 0. The molecule has 0 saturated heterocycles. The maximum atomic E-state index is 2.18. The van der Waals surface area contributed by atoms with Crippen molar-refractivity contribution in [1.29, 1.82) is 0 Å². The Kier molecular flexibility index (Phi) is 2.69. The highest BCUT2D eigenvalue weighted by Crippen LogP contribution is 2.21. The third-order valence-corrected chi connectivity index (χ3v) is 2.55. The molecule has 1 aliphatic carbocycles. The van der Waals surface area contributed by atoms with Gasteiger partial charge in [-0.25, -0.2) is 0 Å². The van der Waals surface area contributed by atoms with E-state index in [0.29, 0.717) is 0 Å². The van der Waals surface area contributed by atoms with E-state index >= 15 is 0 Å². The van der Waals surface area contributed by atoms with Crippen LogP contribution < -0.4 is 0 Å². The molecule has 0 heteroatoms. The molecule has 1 rings (SSSR count). The molecule has 0 aromatic rings. The van der Waals surface area contributed by atoms with E-state index in [4.69, 9.17) is 0 Å². The van der Waals surface area contributed by atoms with Crippen molar-refractivity contribution in [3.63, 3.8) is 0 Å². The summed E-state index contributed by atoms with van der Waals surface area (Å²) in [5.41, 5.74) is 5.51. The highest BCUT2D eigenvalue weighted by Gasteiger charge is 2.01. The summed E-state index contributed by atoms with van der Waals surface area (Å²) in [4.78, 5) is 0. The third kappa shape index (κ3) is 1.76. The zero-order chi connectivity index (χ0) is 9.14. The van der Waals surface area contributed by atoms with Crippen molar-refractivity contribution >= 4 is 0 Å². The maximum Gasteiger partial charge on any atom is -0.0392 e. The lowest BCUT2D eigenvalue weighted by atomic mass is 9.97. The predicted molar refractivity (Wildman–Crippen MR) is 55.0 cm³/mol. The largest absolute Gasteiger partial charge is 0.0620 e. The van der Waals surface area contributed by atoms with E-state index in [0.717, 1.165) is 0 Å². The summed E-state index contributed by atoms with van der Waals surface area (Å²) in [6.45, 7) is 8.67. The molecule has 0 aromatic carbocycles. The maximum absolute atomic E-state index is 2.18. The van der Waals surface area contributed by atoms with Crippen LogP contribution in [-0.2, 0) is 0 Å². The van der Waals surface area contributed by atoms with Crippen molar-refractivity contribution in [1.82, 2.24) is 0 Å². The molecule has 0 N–H and O–H groups in total. The van der Waals surface area contributed by atoms with Crippen LogP contribution in [-0.4, -0.2) is 0 Å². The SMILES string of the molecule is CC1=C/C=C\C=C(\C)C(C)=C1C. The van der Waals surface area contributed by atoms with Crippen LogP contribution in [0.4, 0.5) is 0 Å². The fourth-order valence-electron chi connectivity index (χ4n) is 1.24. The summed E-state index contributed by atoms with van der Waals surface area (Å²) < 4.78 is 0. The van der Waals surface area contributed by atoms with Crippen LogP contribution in [0.5, 0.6) is 0 Å². The van der Waals surface area contributed by atoms with Gasteiger partial charge in [0, 0.05) is 0 Å². The molecular formula is C12H16. The van der Waals surface area contributed by atoms with E-state index in [-0.39, 0.29) is 0 Å². The Hall–Kier alpha value is -1.04. The van der Waals surface area contributed by atoms with Gasteiger partial charge < -0.3 is 0 Å². The predicted octanol–water partition coefficient (Wildman–Crippen LogP) is 3.79.